The molecule has 0 spiro atoms. The molecule has 1 aliphatic heterocycles. The Morgan fingerprint density at radius 3 is 1.71 bits per heavy atom. The lowest BCUT2D eigenvalue weighted by Gasteiger charge is -2.44. The first-order chi connectivity index (χ1) is 54.4. The maximum atomic E-state index is 17.0. The number of aromatic amines is 1. The molecule has 113 heavy (non-hydrogen) atoms. The highest BCUT2D eigenvalue weighted by atomic mass is 31.2. The Morgan fingerprint density at radius 1 is 0.655 bits per heavy atom. The Kier molecular flexibility index (Phi) is 22.6. The quantitative estimate of drug-likeness (QED) is 0.0120. The van der Waals surface area contributed by atoms with Gasteiger partial charge in [-0.15, -0.1) is 0 Å². The molecule has 1 saturated heterocycles. The molecule has 3 N–H and O–H groups in total. The van der Waals surface area contributed by atoms with E-state index in [-0.39, 0.29) is 42.0 Å². The van der Waals surface area contributed by atoms with Crippen molar-refractivity contribution in [1.82, 2.24) is 39.0 Å². The molecule has 14 rings (SSSR count). The average Bonchev–Trinajstić information content (AvgIpc) is 1.50. The van der Waals surface area contributed by atoms with E-state index in [1.165, 1.54) is 12.7 Å². The van der Waals surface area contributed by atoms with Gasteiger partial charge in [0.25, 0.3) is 11.5 Å². The molecule has 0 bridgehead atoms. The van der Waals surface area contributed by atoms with Crippen molar-refractivity contribution in [1.29, 1.82) is 0 Å². The van der Waals surface area contributed by atoms with Crippen molar-refractivity contribution in [2.45, 2.75) is 113 Å². The van der Waals surface area contributed by atoms with Crippen LogP contribution in [0.3, 0.4) is 0 Å². The van der Waals surface area contributed by atoms with Crippen LogP contribution >= 0.6 is 7.82 Å². The summed E-state index contributed by atoms with van der Waals surface area (Å²) in [6.45, 7) is 22.8. The van der Waals surface area contributed by atoms with Crippen LogP contribution in [0.1, 0.15) is 97.9 Å². The fraction of sp³-hybridized carbons (Fsp3) is 0.353. The number of carbonyl (C=O) groups excluding carboxylic acids is 2. The number of anilines is 2. The molecule has 26 nitrogen and oxygen atoms in total. The lowest BCUT2D eigenvalue weighted by atomic mass is 9.79. The topological polar surface area (TPSA) is 288 Å². The van der Waals surface area contributed by atoms with Gasteiger partial charge in [-0.05, 0) is 125 Å². The fourth-order valence-corrected chi connectivity index (χ4v) is 18.3. The number of amides is 2. The second kappa shape index (κ2) is 32.4. The van der Waals surface area contributed by atoms with Crippen molar-refractivity contribution in [3.63, 3.8) is 0 Å². The van der Waals surface area contributed by atoms with Crippen molar-refractivity contribution >= 4 is 62.0 Å². The van der Waals surface area contributed by atoms with Gasteiger partial charge in [-0.25, -0.2) is 31.1 Å². The molecule has 5 heterocycles. The van der Waals surface area contributed by atoms with Crippen molar-refractivity contribution in [3.05, 3.63) is 268 Å². The molecule has 2 unspecified atom stereocenters. The third kappa shape index (κ3) is 15.2. The number of methoxy groups -OCH3 is 4. The number of carbonyl (C=O) groups is 2. The Labute approximate surface area is 656 Å². The zero-order valence-corrected chi connectivity index (χ0v) is 66.9. The third-order valence-electron chi connectivity index (χ3n) is 22.5. The molecule has 3 aliphatic rings. The van der Waals surface area contributed by atoms with Crippen LogP contribution in [0.15, 0.2) is 212 Å². The number of H-pyrrole nitrogens is 1. The molecule has 2 aliphatic carbocycles. The molecule has 3 fully saturated rings. The highest BCUT2D eigenvalue weighted by Gasteiger charge is 2.73. The second-order valence-electron chi connectivity index (χ2n) is 30.3. The van der Waals surface area contributed by atoms with E-state index in [1.807, 2.05) is 175 Å². The van der Waals surface area contributed by atoms with Gasteiger partial charge in [0.2, 0.25) is 18.4 Å². The zero-order valence-electron chi connectivity index (χ0n) is 65.0. The molecule has 0 radical (unpaired) electrons. The Morgan fingerprint density at radius 2 is 1.18 bits per heavy atom. The highest BCUT2D eigenvalue weighted by molar-refractivity contribution is 7.48. The Hall–Kier alpha value is -10.8. The van der Waals surface area contributed by atoms with Crippen molar-refractivity contribution < 1.29 is 65.3 Å². The fourth-order valence-electron chi connectivity index (χ4n) is 15.5. The summed E-state index contributed by atoms with van der Waals surface area (Å²) in [7, 11) is -1.68. The third-order valence-corrected chi connectivity index (χ3v) is 28.5. The SMILES string of the molecule is [C-]#[N+]CCOP(=O)(OC[C@H]1O[C@@H](n2cnc3c(=O)[nH]c(NC(=O)C(C)C)nc32)[C@H](O[Si](C)(C)C(C)(C)C)[C@@H]1OC(c1ccccc1)(c1ccc(OC)cc1)c1ccc(OC)cc1)O[C@@H]1[C@@H](COC(c2ccccc2)(c2ccc(OC)cc2)c2ccc(OC)cc2)[C@@H]2CC2(n2cnc3c(NC(=O)c4ccccc4)ncnc32)[C@@H]1C. The Balaban J connectivity index is 0.925. The van der Waals surface area contributed by atoms with Gasteiger partial charge in [-0.1, -0.05) is 169 Å². The number of aromatic nitrogens is 8. The highest BCUT2D eigenvalue weighted by Crippen LogP contribution is 2.71. The number of imidazole rings is 2. The monoisotopic (exact) mass is 1570 g/mol. The van der Waals surface area contributed by atoms with E-state index < -0.39 is 117 Å². The van der Waals surface area contributed by atoms with Gasteiger partial charge in [0.15, 0.2) is 42.7 Å². The minimum atomic E-state index is -5.04. The number of phosphoric ester groups is 1. The van der Waals surface area contributed by atoms with E-state index in [0.29, 0.717) is 62.8 Å². The van der Waals surface area contributed by atoms with E-state index in [1.54, 1.807) is 77.4 Å². The van der Waals surface area contributed by atoms with Crippen LogP contribution in [0.5, 0.6) is 23.0 Å². The standard InChI is InChI=1S/C85H92N11O15PSi/c1-53(2)77(97)93-81-92-76-70(79(99)94-81)89-51-95(76)80-73(111-113(12,13)82(4,5)6)72(109-85(57-27-21-16-22-28-57,60-33-41-64(103-10)42-34-60)61-35-43-65(104-11)44-36-61)68(108-80)49-107-112(100,106-46-45-86-7)110-71-54(3)83(96-52-90-69-74(87-50-88-75(69)96)91-78(98)55-23-17-14-18-24-55)47-67(83)66(71)48-105-84(56-25-19-15-20-26-56,58-29-37-62(101-8)38-30-58)59-31-39-63(102-9)40-32-59/h14-44,50-54,66-68,71-73,80H,45-49H2,1-6,8-13H3,(H,87,88,91,98)(H2,92,93,94,97,99)/t54-,66+,67+,68-,71+,72-,73-,80-,83?,112?/m1/s1. The number of nitrogens with one attached hydrogen (secondary N) is 3. The predicted octanol–water partition coefficient (Wildman–Crippen LogP) is 14.9. The number of nitrogens with zero attached hydrogens (tertiary/aromatic N) is 8. The summed E-state index contributed by atoms with van der Waals surface area (Å²) < 4.78 is 95.8. The summed E-state index contributed by atoms with van der Waals surface area (Å²) >= 11 is 0. The first-order valence-electron chi connectivity index (χ1n) is 37.5. The van der Waals surface area contributed by atoms with E-state index in [2.05, 4.69) is 64.3 Å². The molecule has 2 amide bonds. The van der Waals surface area contributed by atoms with Crippen LogP contribution < -0.4 is 35.1 Å². The Bertz CT molecular complexity index is 5240. The molecule has 11 aromatic rings. The molecule has 10 atom stereocenters. The summed E-state index contributed by atoms with van der Waals surface area (Å²) in [5, 5.41) is 5.26. The molecule has 7 aromatic carbocycles. The number of hydrogen-bond acceptors (Lipinski definition) is 20. The normalized spacial score (nSPS) is 20.8. The maximum absolute atomic E-state index is 17.0. The smallest absolute Gasteiger partial charge is 0.475 e. The van der Waals surface area contributed by atoms with Crippen molar-refractivity contribution in [2.24, 2.45) is 23.7 Å². The minimum Gasteiger partial charge on any atom is -0.497 e. The molecule has 586 valence electrons. The van der Waals surface area contributed by atoms with E-state index in [9.17, 15) is 14.4 Å². The van der Waals surface area contributed by atoms with Crippen molar-refractivity contribution in [3.8, 4) is 23.0 Å². The molecular weight excluding hydrogens is 1470 g/mol. The largest absolute Gasteiger partial charge is 0.497 e. The first kappa shape index (κ1) is 78.9. The van der Waals surface area contributed by atoms with Gasteiger partial charge in [-0.3, -0.25) is 42.8 Å². The number of fused-ring (bicyclic) bond motifs is 3. The number of ether oxygens (including phenoxy) is 7. The van der Waals surface area contributed by atoms with Crippen LogP contribution in [0.25, 0.3) is 27.2 Å². The second-order valence-corrected chi connectivity index (χ2v) is 36.7. The van der Waals surface area contributed by atoms with Gasteiger partial charge < -0.3 is 52.3 Å². The zero-order chi connectivity index (χ0) is 79.6. The van der Waals surface area contributed by atoms with Crippen LogP contribution in [0, 0.1) is 30.2 Å². The number of rotatable bonds is 31. The molecule has 2 saturated carbocycles. The van der Waals surface area contributed by atoms with Gasteiger partial charge in [0, 0.05) is 23.3 Å². The number of hydrogen-bond donors (Lipinski definition) is 3. The summed E-state index contributed by atoms with van der Waals surface area (Å²) in [5.41, 5.74) is 1.04. The van der Waals surface area contributed by atoms with Crippen LogP contribution in [-0.2, 0) is 58.3 Å². The summed E-state index contributed by atoms with van der Waals surface area (Å²) in [6.07, 6.45) is -1.01. The predicted molar refractivity (Wildman–Crippen MR) is 427 cm³/mol. The number of phosphoric acid groups is 1. The van der Waals surface area contributed by atoms with Gasteiger partial charge in [0.1, 0.15) is 65.4 Å². The minimum absolute atomic E-state index is 0.0367. The lowest BCUT2D eigenvalue weighted by Crippen LogP contribution is -2.52. The molecule has 4 aromatic heterocycles. The summed E-state index contributed by atoms with van der Waals surface area (Å²) in [5.74, 6) is -0.323. The molecule has 28 heteroatoms. The van der Waals surface area contributed by atoms with Gasteiger partial charge in [0.05, 0.1) is 66.0 Å². The number of benzene rings is 7. The van der Waals surface area contributed by atoms with Crippen molar-refractivity contribution in [2.75, 3.05) is 65.4 Å². The molecular formula is C85H92N11O15PSi. The van der Waals surface area contributed by atoms with E-state index in [0.717, 1.165) is 16.7 Å². The summed E-state index contributed by atoms with van der Waals surface area (Å²) in [6, 6.07) is 59.0. The van der Waals surface area contributed by atoms with Crippen LogP contribution in [0.4, 0.5) is 11.8 Å². The van der Waals surface area contributed by atoms with Gasteiger partial charge >= 0.3 is 7.82 Å². The van der Waals surface area contributed by atoms with Crippen LogP contribution in [0.2, 0.25) is 18.1 Å². The van der Waals surface area contributed by atoms with Crippen LogP contribution in [-0.4, -0.2) is 138 Å². The lowest BCUT2D eigenvalue weighted by molar-refractivity contribution is -0.119. The first-order valence-corrected chi connectivity index (χ1v) is 41.9. The van der Waals surface area contributed by atoms with E-state index in [4.69, 9.17) is 72.7 Å². The maximum Gasteiger partial charge on any atom is 0.475 e. The van der Waals surface area contributed by atoms with Gasteiger partial charge in [-0.2, -0.15) is 4.98 Å². The van der Waals surface area contributed by atoms with E-state index >= 15 is 4.57 Å². The summed E-state index contributed by atoms with van der Waals surface area (Å²) in [4.78, 5) is 71.5. The average molecular weight is 1570 g/mol.